The van der Waals surface area contributed by atoms with Gasteiger partial charge in [0.2, 0.25) is 0 Å². The molecule has 3 aromatic rings. The third-order valence-corrected chi connectivity index (χ3v) is 5.77. The van der Waals surface area contributed by atoms with E-state index in [1.54, 1.807) is 24.3 Å². The SMILES string of the molecule is Cn1nc(C(=O)Nc2sc3c(c2C(N)=O)CCC3)c2ccccc2c1=O. The standard InChI is InChI=1S/C18H16N4O3S/c1-22-18(25)10-6-3-2-5-9(10)14(21-22)16(24)20-17-13(15(19)23)11-7-4-8-12(11)26-17/h2-3,5-6H,4,7-8H2,1H3,(H2,19,23)(H,20,24). The number of nitrogens with one attached hydrogen (secondary N) is 1. The van der Waals surface area contributed by atoms with Gasteiger partial charge in [-0.25, -0.2) is 4.68 Å². The third-order valence-electron chi connectivity index (χ3n) is 4.57. The molecular weight excluding hydrogens is 352 g/mol. The summed E-state index contributed by atoms with van der Waals surface area (Å²) >= 11 is 1.38. The first-order valence-electron chi connectivity index (χ1n) is 8.19. The number of rotatable bonds is 3. The van der Waals surface area contributed by atoms with Crippen LogP contribution in [-0.2, 0) is 19.9 Å². The van der Waals surface area contributed by atoms with Gasteiger partial charge in [0.1, 0.15) is 5.00 Å². The van der Waals surface area contributed by atoms with Gasteiger partial charge in [0.15, 0.2) is 5.69 Å². The molecule has 0 aliphatic heterocycles. The second kappa shape index (κ2) is 6.06. The molecule has 2 heterocycles. The summed E-state index contributed by atoms with van der Waals surface area (Å²) in [6.45, 7) is 0. The monoisotopic (exact) mass is 368 g/mol. The highest BCUT2D eigenvalue weighted by molar-refractivity contribution is 7.17. The number of anilines is 1. The number of aryl methyl sites for hydroxylation is 2. The molecule has 1 aliphatic rings. The van der Waals surface area contributed by atoms with Crippen molar-refractivity contribution < 1.29 is 9.59 Å². The minimum Gasteiger partial charge on any atom is -0.365 e. The first-order valence-corrected chi connectivity index (χ1v) is 9.00. The van der Waals surface area contributed by atoms with E-state index >= 15 is 0 Å². The van der Waals surface area contributed by atoms with Gasteiger partial charge in [0, 0.05) is 17.3 Å². The van der Waals surface area contributed by atoms with Crippen LogP contribution in [0.3, 0.4) is 0 Å². The summed E-state index contributed by atoms with van der Waals surface area (Å²) in [5.41, 5.74) is 6.73. The number of hydrogen-bond donors (Lipinski definition) is 2. The highest BCUT2D eigenvalue weighted by Gasteiger charge is 2.27. The molecule has 1 aliphatic carbocycles. The Kier molecular flexibility index (Phi) is 3.84. The number of aromatic nitrogens is 2. The van der Waals surface area contributed by atoms with Gasteiger partial charge in [-0.2, -0.15) is 5.10 Å². The molecule has 0 saturated carbocycles. The van der Waals surface area contributed by atoms with Gasteiger partial charge in [-0.1, -0.05) is 18.2 Å². The molecule has 0 bridgehead atoms. The molecule has 2 aromatic heterocycles. The molecule has 0 atom stereocenters. The summed E-state index contributed by atoms with van der Waals surface area (Å²) in [6, 6.07) is 6.82. The third kappa shape index (κ3) is 2.50. The van der Waals surface area contributed by atoms with Crippen molar-refractivity contribution in [1.29, 1.82) is 0 Å². The predicted octanol–water partition coefficient (Wildman–Crippen LogP) is 1.83. The number of benzene rings is 1. The molecule has 4 rings (SSSR count). The Labute approximate surface area is 152 Å². The van der Waals surface area contributed by atoms with Gasteiger partial charge >= 0.3 is 0 Å². The molecule has 0 fully saturated rings. The highest BCUT2D eigenvalue weighted by atomic mass is 32.1. The number of carbonyl (C=O) groups excluding carboxylic acids is 2. The average Bonchev–Trinajstić information content (AvgIpc) is 3.18. The van der Waals surface area contributed by atoms with Crippen LogP contribution in [0.4, 0.5) is 5.00 Å². The Morgan fingerprint density at radius 2 is 1.96 bits per heavy atom. The zero-order chi connectivity index (χ0) is 18.4. The van der Waals surface area contributed by atoms with E-state index in [9.17, 15) is 14.4 Å². The number of fused-ring (bicyclic) bond motifs is 2. The molecule has 26 heavy (non-hydrogen) atoms. The van der Waals surface area contributed by atoms with Crippen molar-refractivity contribution in [3.8, 4) is 0 Å². The summed E-state index contributed by atoms with van der Waals surface area (Å²) in [6.07, 6.45) is 2.67. The van der Waals surface area contributed by atoms with Gasteiger partial charge in [0.05, 0.1) is 10.9 Å². The van der Waals surface area contributed by atoms with E-state index in [1.807, 2.05) is 0 Å². The lowest BCUT2D eigenvalue weighted by molar-refractivity contribution is 0.100. The summed E-state index contributed by atoms with van der Waals surface area (Å²) in [5.74, 6) is -1.02. The van der Waals surface area contributed by atoms with Crippen molar-refractivity contribution in [3.05, 3.63) is 56.3 Å². The first-order chi connectivity index (χ1) is 12.5. The first kappa shape index (κ1) is 16.5. The Morgan fingerprint density at radius 3 is 2.69 bits per heavy atom. The Bertz CT molecular complexity index is 1130. The number of hydrogen-bond acceptors (Lipinski definition) is 5. The molecular formula is C18H16N4O3S. The molecule has 0 saturated heterocycles. The number of amides is 2. The van der Waals surface area contributed by atoms with Crippen LogP contribution in [-0.4, -0.2) is 21.6 Å². The molecule has 8 heteroatoms. The largest absolute Gasteiger partial charge is 0.365 e. The van der Waals surface area contributed by atoms with Crippen molar-refractivity contribution in [2.24, 2.45) is 12.8 Å². The van der Waals surface area contributed by atoms with Crippen molar-refractivity contribution in [1.82, 2.24) is 9.78 Å². The Morgan fingerprint density at radius 1 is 1.23 bits per heavy atom. The Balaban J connectivity index is 1.79. The highest BCUT2D eigenvalue weighted by Crippen LogP contribution is 2.39. The van der Waals surface area contributed by atoms with E-state index < -0.39 is 11.8 Å². The van der Waals surface area contributed by atoms with Crippen LogP contribution in [0.15, 0.2) is 29.1 Å². The lowest BCUT2D eigenvalue weighted by atomic mass is 10.1. The van der Waals surface area contributed by atoms with Crippen LogP contribution in [0.2, 0.25) is 0 Å². The van der Waals surface area contributed by atoms with Crippen molar-refractivity contribution >= 4 is 38.9 Å². The topological polar surface area (TPSA) is 107 Å². The number of nitrogens with zero attached hydrogens (tertiary/aromatic N) is 2. The normalized spacial score (nSPS) is 13.0. The van der Waals surface area contributed by atoms with Crippen LogP contribution >= 0.6 is 11.3 Å². The minimum atomic E-state index is -0.544. The minimum absolute atomic E-state index is 0.131. The van der Waals surface area contributed by atoms with Gasteiger partial charge in [-0.15, -0.1) is 11.3 Å². The maximum Gasteiger partial charge on any atom is 0.277 e. The Hall–Kier alpha value is -3.00. The van der Waals surface area contributed by atoms with Crippen LogP contribution in [0.5, 0.6) is 0 Å². The van der Waals surface area contributed by atoms with E-state index in [0.717, 1.165) is 34.4 Å². The maximum absolute atomic E-state index is 12.9. The smallest absolute Gasteiger partial charge is 0.277 e. The zero-order valence-corrected chi connectivity index (χ0v) is 14.9. The van der Waals surface area contributed by atoms with Gasteiger partial charge < -0.3 is 11.1 Å². The molecule has 0 unspecified atom stereocenters. The van der Waals surface area contributed by atoms with E-state index in [0.29, 0.717) is 21.3 Å². The lowest BCUT2D eigenvalue weighted by Gasteiger charge is -2.09. The van der Waals surface area contributed by atoms with Crippen molar-refractivity contribution in [2.45, 2.75) is 19.3 Å². The van der Waals surface area contributed by atoms with Gasteiger partial charge in [-0.05, 0) is 30.9 Å². The molecule has 0 spiro atoms. The predicted molar refractivity (Wildman–Crippen MR) is 99.8 cm³/mol. The van der Waals surface area contributed by atoms with Crippen LogP contribution < -0.4 is 16.6 Å². The lowest BCUT2D eigenvalue weighted by Crippen LogP contribution is -2.25. The number of carbonyl (C=O) groups is 2. The molecule has 0 radical (unpaired) electrons. The van der Waals surface area contributed by atoms with Crippen molar-refractivity contribution in [2.75, 3.05) is 5.32 Å². The fraction of sp³-hybridized carbons (Fsp3) is 0.222. The molecule has 3 N–H and O–H groups in total. The quantitative estimate of drug-likeness (QED) is 0.735. The number of primary amides is 1. The molecule has 1 aromatic carbocycles. The molecule has 132 valence electrons. The van der Waals surface area contributed by atoms with Gasteiger partial charge in [-0.3, -0.25) is 14.4 Å². The van der Waals surface area contributed by atoms with E-state index in [-0.39, 0.29) is 11.3 Å². The van der Waals surface area contributed by atoms with E-state index in [4.69, 9.17) is 5.73 Å². The second-order valence-electron chi connectivity index (χ2n) is 6.20. The van der Waals surface area contributed by atoms with E-state index in [1.165, 1.54) is 18.4 Å². The number of nitrogens with two attached hydrogens (primary N) is 1. The van der Waals surface area contributed by atoms with Gasteiger partial charge in [0.25, 0.3) is 17.4 Å². The summed E-state index contributed by atoms with van der Waals surface area (Å²) < 4.78 is 1.14. The zero-order valence-electron chi connectivity index (χ0n) is 14.0. The van der Waals surface area contributed by atoms with Crippen LogP contribution in [0.25, 0.3) is 10.8 Å². The molecule has 2 amide bonds. The average molecular weight is 368 g/mol. The second-order valence-corrected chi connectivity index (χ2v) is 7.31. The molecule has 7 nitrogen and oxygen atoms in total. The summed E-state index contributed by atoms with van der Waals surface area (Å²) in [4.78, 5) is 38.0. The van der Waals surface area contributed by atoms with E-state index in [2.05, 4.69) is 10.4 Å². The summed E-state index contributed by atoms with van der Waals surface area (Å²) in [5, 5.41) is 8.23. The summed E-state index contributed by atoms with van der Waals surface area (Å²) in [7, 11) is 1.50. The number of thiophene rings is 1. The fourth-order valence-electron chi connectivity index (χ4n) is 3.38. The fourth-order valence-corrected chi connectivity index (χ4v) is 4.67. The maximum atomic E-state index is 12.9. The van der Waals surface area contributed by atoms with Crippen LogP contribution in [0.1, 0.15) is 37.7 Å². The van der Waals surface area contributed by atoms with Crippen LogP contribution in [0, 0.1) is 0 Å². The van der Waals surface area contributed by atoms with Crippen molar-refractivity contribution in [3.63, 3.8) is 0 Å².